The number of aliphatic hydroxyl groups excluding tert-OH is 2. The Hall–Kier alpha value is -0.690. The van der Waals surface area contributed by atoms with E-state index in [0.29, 0.717) is 0 Å². The highest BCUT2D eigenvalue weighted by Crippen LogP contribution is 2.19. The summed E-state index contributed by atoms with van der Waals surface area (Å²) in [4.78, 5) is 10.4. The molecule has 0 aromatic carbocycles. The Bertz CT molecular complexity index is 185. The molecule has 12 heavy (non-hydrogen) atoms. The van der Waals surface area contributed by atoms with Crippen LogP contribution in [0.2, 0.25) is 0 Å². The number of carboxylic acids is 1. The van der Waals surface area contributed by atoms with E-state index in [0.717, 1.165) is 0 Å². The summed E-state index contributed by atoms with van der Waals surface area (Å²) < 4.78 is 4.77. The molecule has 4 unspecified atom stereocenters. The maximum absolute atomic E-state index is 10.4. The van der Waals surface area contributed by atoms with Crippen LogP contribution in [0.1, 0.15) is 0 Å². The molecule has 0 spiro atoms. The van der Waals surface area contributed by atoms with Gasteiger partial charge >= 0.3 is 5.97 Å². The molecule has 5 N–H and O–H groups in total. The second-order valence-corrected chi connectivity index (χ2v) is 2.68. The molecule has 0 aromatic heterocycles. The van der Waals surface area contributed by atoms with E-state index in [4.69, 9.17) is 20.7 Å². The van der Waals surface area contributed by atoms with E-state index >= 15 is 0 Å². The van der Waals surface area contributed by atoms with Gasteiger partial charge in [-0.2, -0.15) is 0 Å². The van der Waals surface area contributed by atoms with E-state index in [-0.39, 0.29) is 0 Å². The molecule has 0 bridgehead atoms. The van der Waals surface area contributed by atoms with Crippen molar-refractivity contribution in [2.75, 3.05) is 6.61 Å². The molecule has 0 amide bonds. The van der Waals surface area contributed by atoms with Crippen molar-refractivity contribution in [3.63, 3.8) is 0 Å². The molecule has 6 heteroatoms. The van der Waals surface area contributed by atoms with Gasteiger partial charge in [0.1, 0.15) is 12.2 Å². The van der Waals surface area contributed by atoms with Crippen LogP contribution in [-0.4, -0.2) is 52.2 Å². The quantitative estimate of drug-likeness (QED) is 0.371. The Labute approximate surface area is 68.6 Å². The van der Waals surface area contributed by atoms with Crippen LogP contribution in [0.4, 0.5) is 0 Å². The molecule has 1 heterocycles. The number of aliphatic carboxylic acids is 1. The van der Waals surface area contributed by atoms with Crippen LogP contribution in [0.25, 0.3) is 0 Å². The summed E-state index contributed by atoms with van der Waals surface area (Å²) in [6.45, 7) is -0.432. The van der Waals surface area contributed by atoms with Gasteiger partial charge in [0.05, 0.1) is 12.6 Å². The number of carbonyl (C=O) groups is 1. The minimum atomic E-state index is -1.22. The second kappa shape index (κ2) is 3.36. The zero-order valence-electron chi connectivity index (χ0n) is 6.25. The number of rotatable bonds is 2. The number of ether oxygens (including phenoxy) is 1. The minimum absolute atomic E-state index is 0.432. The van der Waals surface area contributed by atoms with Gasteiger partial charge in [0.2, 0.25) is 0 Å². The fourth-order valence-corrected chi connectivity index (χ4v) is 1.16. The number of carboxylic acid groups (broad SMARTS) is 1. The summed E-state index contributed by atoms with van der Waals surface area (Å²) in [5.41, 5.74) is 5.32. The van der Waals surface area contributed by atoms with Crippen molar-refractivity contribution >= 4 is 5.97 Å². The topological polar surface area (TPSA) is 113 Å². The Morgan fingerprint density at radius 1 is 1.58 bits per heavy atom. The Balaban J connectivity index is 2.66. The smallest absolute Gasteiger partial charge is 0.334 e. The predicted molar refractivity (Wildman–Crippen MR) is 37.4 cm³/mol. The van der Waals surface area contributed by atoms with Crippen LogP contribution in [0.15, 0.2) is 0 Å². The largest absolute Gasteiger partial charge is 0.479 e. The maximum atomic E-state index is 10.4. The van der Waals surface area contributed by atoms with Crippen LogP contribution in [0.5, 0.6) is 0 Å². The Morgan fingerprint density at radius 2 is 2.17 bits per heavy atom. The standard InChI is InChI=1S/C6H11NO5/c7-3-4(9)2(1-8)12-5(3)6(10)11/h2-5,8-9H,1,7H2,(H,10,11). The SMILES string of the molecule is NC1C(C(=O)O)OC(CO)C1O. The molecule has 1 aliphatic rings. The molecule has 70 valence electrons. The third-order valence-corrected chi connectivity index (χ3v) is 1.87. The van der Waals surface area contributed by atoms with Gasteiger partial charge in [0.15, 0.2) is 6.10 Å². The van der Waals surface area contributed by atoms with Gasteiger partial charge in [0.25, 0.3) is 0 Å². The first-order valence-corrected chi connectivity index (χ1v) is 3.50. The van der Waals surface area contributed by atoms with Crippen molar-refractivity contribution in [3.05, 3.63) is 0 Å². The third-order valence-electron chi connectivity index (χ3n) is 1.87. The van der Waals surface area contributed by atoms with Crippen molar-refractivity contribution in [1.29, 1.82) is 0 Å². The van der Waals surface area contributed by atoms with Gasteiger partial charge in [0, 0.05) is 0 Å². The molecule has 0 radical (unpaired) electrons. The Kier molecular flexibility index (Phi) is 2.63. The van der Waals surface area contributed by atoms with Crippen LogP contribution in [-0.2, 0) is 9.53 Å². The summed E-state index contributed by atoms with van der Waals surface area (Å²) >= 11 is 0. The first-order chi connectivity index (χ1) is 5.57. The zero-order chi connectivity index (χ0) is 9.30. The van der Waals surface area contributed by atoms with Crippen molar-refractivity contribution < 1.29 is 24.9 Å². The molecule has 6 nitrogen and oxygen atoms in total. The lowest BCUT2D eigenvalue weighted by atomic mass is 10.1. The molecule has 1 rings (SSSR count). The lowest BCUT2D eigenvalue weighted by molar-refractivity contribution is -0.150. The van der Waals surface area contributed by atoms with E-state index < -0.39 is 36.9 Å². The number of hydrogen-bond donors (Lipinski definition) is 4. The summed E-state index contributed by atoms with van der Waals surface area (Å²) in [5, 5.41) is 26.3. The van der Waals surface area contributed by atoms with E-state index in [9.17, 15) is 9.90 Å². The average Bonchev–Trinajstić information content (AvgIpc) is 2.30. The fraction of sp³-hybridized carbons (Fsp3) is 0.833. The van der Waals surface area contributed by atoms with Crippen LogP contribution >= 0.6 is 0 Å². The lowest BCUT2D eigenvalue weighted by Gasteiger charge is -2.11. The highest BCUT2D eigenvalue weighted by Gasteiger charge is 2.44. The predicted octanol–water partition coefficient (Wildman–Crippen LogP) is -2.48. The van der Waals surface area contributed by atoms with Gasteiger partial charge in [-0.05, 0) is 0 Å². The molecule has 4 atom stereocenters. The van der Waals surface area contributed by atoms with E-state index in [2.05, 4.69) is 0 Å². The van der Waals surface area contributed by atoms with Crippen LogP contribution < -0.4 is 5.73 Å². The maximum Gasteiger partial charge on any atom is 0.334 e. The molecule has 0 aromatic rings. The zero-order valence-corrected chi connectivity index (χ0v) is 6.25. The van der Waals surface area contributed by atoms with Gasteiger partial charge in [-0.25, -0.2) is 4.79 Å². The molecular weight excluding hydrogens is 166 g/mol. The molecule has 1 aliphatic heterocycles. The van der Waals surface area contributed by atoms with E-state index in [1.54, 1.807) is 0 Å². The van der Waals surface area contributed by atoms with Crippen LogP contribution in [0.3, 0.4) is 0 Å². The number of nitrogens with two attached hydrogens (primary N) is 1. The van der Waals surface area contributed by atoms with Crippen molar-refractivity contribution in [2.24, 2.45) is 5.73 Å². The normalized spacial score (nSPS) is 41.6. The minimum Gasteiger partial charge on any atom is -0.479 e. The number of aliphatic hydroxyl groups is 2. The van der Waals surface area contributed by atoms with E-state index in [1.165, 1.54) is 0 Å². The summed E-state index contributed by atoms with van der Waals surface area (Å²) in [6, 6.07) is -0.973. The highest BCUT2D eigenvalue weighted by atomic mass is 16.6. The molecule has 0 aliphatic carbocycles. The molecule has 1 fully saturated rings. The number of hydrogen-bond acceptors (Lipinski definition) is 5. The van der Waals surface area contributed by atoms with Gasteiger partial charge in [-0.1, -0.05) is 0 Å². The van der Waals surface area contributed by atoms with Gasteiger partial charge in [-0.15, -0.1) is 0 Å². The molecule has 0 saturated carbocycles. The van der Waals surface area contributed by atoms with Crippen molar-refractivity contribution in [1.82, 2.24) is 0 Å². The molecule has 1 saturated heterocycles. The first-order valence-electron chi connectivity index (χ1n) is 3.50. The highest BCUT2D eigenvalue weighted by molar-refractivity contribution is 5.74. The monoisotopic (exact) mass is 177 g/mol. The summed E-state index contributed by atoms with van der Waals surface area (Å²) in [7, 11) is 0. The van der Waals surface area contributed by atoms with Crippen molar-refractivity contribution in [2.45, 2.75) is 24.4 Å². The second-order valence-electron chi connectivity index (χ2n) is 2.68. The first kappa shape index (κ1) is 9.40. The summed E-state index contributed by atoms with van der Waals surface area (Å²) in [6.07, 6.45) is -3.23. The van der Waals surface area contributed by atoms with E-state index in [1.807, 2.05) is 0 Å². The Morgan fingerprint density at radius 3 is 2.42 bits per heavy atom. The fourth-order valence-electron chi connectivity index (χ4n) is 1.16. The summed E-state index contributed by atoms with van der Waals surface area (Å²) in [5.74, 6) is -1.22. The van der Waals surface area contributed by atoms with Gasteiger partial charge < -0.3 is 25.8 Å². The van der Waals surface area contributed by atoms with Gasteiger partial charge in [-0.3, -0.25) is 0 Å². The van der Waals surface area contributed by atoms with Crippen LogP contribution in [0, 0.1) is 0 Å². The average molecular weight is 177 g/mol. The third kappa shape index (κ3) is 1.42. The molecular formula is C6H11NO5. The lowest BCUT2D eigenvalue weighted by Crippen LogP contribution is -2.43. The van der Waals surface area contributed by atoms with Crippen molar-refractivity contribution in [3.8, 4) is 0 Å².